The van der Waals surface area contributed by atoms with E-state index >= 15 is 0 Å². The van der Waals surface area contributed by atoms with Crippen LogP contribution in [0.2, 0.25) is 0 Å². The molecule has 0 unspecified atom stereocenters. The molecule has 8 nitrogen and oxygen atoms in total. The summed E-state index contributed by atoms with van der Waals surface area (Å²) in [4.78, 5) is 34.2. The molecule has 3 N–H and O–H groups in total. The molecule has 3 aliphatic rings. The van der Waals surface area contributed by atoms with Gasteiger partial charge in [0.2, 0.25) is 0 Å². The third kappa shape index (κ3) is 4.06. The second-order valence-corrected chi connectivity index (χ2v) is 8.05. The third-order valence-corrected chi connectivity index (χ3v) is 5.41. The number of hydrogen-bond donors (Lipinski definition) is 3. The first-order valence-corrected chi connectivity index (χ1v) is 10.2. The summed E-state index contributed by atoms with van der Waals surface area (Å²) in [6.07, 6.45) is 6.69. The van der Waals surface area contributed by atoms with Gasteiger partial charge in [-0.25, -0.2) is 9.78 Å². The summed E-state index contributed by atoms with van der Waals surface area (Å²) in [5.74, 6) is 0.987. The number of urea groups is 1. The largest absolute Gasteiger partial charge is 0.375 e. The zero-order valence-corrected chi connectivity index (χ0v) is 17.2. The van der Waals surface area contributed by atoms with E-state index in [0.717, 1.165) is 43.6 Å². The van der Waals surface area contributed by atoms with E-state index < -0.39 is 0 Å². The van der Waals surface area contributed by atoms with E-state index in [1.165, 1.54) is 0 Å². The first kappa shape index (κ1) is 19.3. The zero-order valence-electron chi connectivity index (χ0n) is 17.2. The number of hydrogen-bond acceptors (Lipinski definition) is 5. The highest BCUT2D eigenvalue weighted by Gasteiger charge is 2.40. The Labute approximate surface area is 171 Å². The maximum Gasteiger partial charge on any atom is 0.328 e. The summed E-state index contributed by atoms with van der Waals surface area (Å²) in [6, 6.07) is 3.72. The Morgan fingerprint density at radius 2 is 1.97 bits per heavy atom. The van der Waals surface area contributed by atoms with E-state index in [9.17, 15) is 9.59 Å². The summed E-state index contributed by atoms with van der Waals surface area (Å²) in [5.41, 5.74) is 2.38. The Balaban J connectivity index is 1.62. The standard InChI is InChI=1S/C21H28N6O2/c1-13(2)4-9-18(22-3)25-21(29)27-15-10-11-26(12-15)17-8-7-16(24-19(17)27)20(28)23-14-5-6-14/h4,7-9,14-15,22H,5-6,10-12H2,1-3H3,(H,23,28)(H,25,29)/b18-9+/t15-/m0/s1. The van der Waals surface area contributed by atoms with E-state index in [0.29, 0.717) is 17.3 Å². The number of amides is 3. The van der Waals surface area contributed by atoms with Crippen molar-refractivity contribution in [3.05, 3.63) is 41.4 Å². The molecule has 8 heteroatoms. The number of nitrogens with one attached hydrogen (secondary N) is 3. The van der Waals surface area contributed by atoms with Crippen molar-refractivity contribution in [2.24, 2.45) is 0 Å². The minimum Gasteiger partial charge on any atom is -0.375 e. The van der Waals surface area contributed by atoms with Crippen molar-refractivity contribution in [1.29, 1.82) is 0 Å². The fourth-order valence-corrected chi connectivity index (χ4v) is 3.70. The molecular formula is C21H28N6O2. The Hall–Kier alpha value is -3.03. The average molecular weight is 396 g/mol. The highest BCUT2D eigenvalue weighted by Crippen LogP contribution is 2.38. The minimum atomic E-state index is -0.243. The van der Waals surface area contributed by atoms with E-state index in [1.807, 2.05) is 32.1 Å². The molecule has 2 fully saturated rings. The molecule has 29 heavy (non-hydrogen) atoms. The predicted molar refractivity (Wildman–Crippen MR) is 113 cm³/mol. The van der Waals surface area contributed by atoms with Gasteiger partial charge in [0.25, 0.3) is 5.91 Å². The van der Waals surface area contributed by atoms with Gasteiger partial charge >= 0.3 is 6.03 Å². The Kier molecular flexibility index (Phi) is 5.17. The van der Waals surface area contributed by atoms with Crippen LogP contribution in [-0.4, -0.2) is 49.1 Å². The molecule has 1 aromatic rings. The van der Waals surface area contributed by atoms with Crippen molar-refractivity contribution in [1.82, 2.24) is 20.9 Å². The normalized spacial score (nSPS) is 20.1. The molecule has 0 aromatic carbocycles. The molecule has 3 amide bonds. The van der Waals surface area contributed by atoms with Gasteiger partial charge < -0.3 is 15.5 Å². The lowest BCUT2D eigenvalue weighted by molar-refractivity contribution is 0.0946. The maximum atomic E-state index is 13.2. The monoisotopic (exact) mass is 396 g/mol. The van der Waals surface area contributed by atoms with Gasteiger partial charge in [0.1, 0.15) is 11.5 Å². The van der Waals surface area contributed by atoms with E-state index in [2.05, 4.69) is 25.8 Å². The van der Waals surface area contributed by atoms with E-state index in [4.69, 9.17) is 0 Å². The van der Waals surface area contributed by atoms with E-state index in [-0.39, 0.29) is 24.0 Å². The SMILES string of the molecule is CN/C(=C\C=C(C)C)NC(=O)N1c2nc(C(=O)NC3CC3)ccc2N2CC[C@H]1C2. The second-order valence-electron chi connectivity index (χ2n) is 8.05. The number of rotatable bonds is 5. The van der Waals surface area contributed by atoms with Gasteiger partial charge in [0.05, 0.1) is 11.7 Å². The molecule has 3 heterocycles. The van der Waals surface area contributed by atoms with Gasteiger partial charge in [-0.15, -0.1) is 0 Å². The van der Waals surface area contributed by atoms with Crippen molar-refractivity contribution >= 4 is 23.4 Å². The van der Waals surface area contributed by atoms with Crippen LogP contribution in [0.15, 0.2) is 35.7 Å². The van der Waals surface area contributed by atoms with Gasteiger partial charge in [-0.1, -0.05) is 11.6 Å². The Bertz CT molecular complexity index is 885. The number of nitrogens with zero attached hydrogens (tertiary/aromatic N) is 3. The molecule has 154 valence electrons. The molecular weight excluding hydrogens is 368 g/mol. The lowest BCUT2D eigenvalue weighted by atomic mass is 10.1. The molecule has 1 saturated carbocycles. The van der Waals surface area contributed by atoms with Crippen LogP contribution in [0, 0.1) is 0 Å². The highest BCUT2D eigenvalue weighted by atomic mass is 16.2. The van der Waals surface area contributed by atoms with Gasteiger partial charge in [-0.05, 0) is 51.3 Å². The third-order valence-electron chi connectivity index (χ3n) is 5.41. The fourth-order valence-electron chi connectivity index (χ4n) is 3.70. The van der Waals surface area contributed by atoms with Crippen LogP contribution in [0.4, 0.5) is 16.3 Å². The first-order chi connectivity index (χ1) is 14.0. The van der Waals surface area contributed by atoms with Crippen LogP contribution >= 0.6 is 0 Å². The molecule has 4 rings (SSSR count). The second kappa shape index (κ2) is 7.77. The van der Waals surface area contributed by atoms with Crippen LogP contribution in [0.5, 0.6) is 0 Å². The number of aromatic nitrogens is 1. The summed E-state index contributed by atoms with van der Waals surface area (Å²) in [6.45, 7) is 5.65. The Morgan fingerprint density at radius 3 is 2.66 bits per heavy atom. The van der Waals surface area contributed by atoms with Crippen LogP contribution < -0.4 is 25.8 Å². The molecule has 1 atom stereocenters. The van der Waals surface area contributed by atoms with Crippen molar-refractivity contribution < 1.29 is 9.59 Å². The van der Waals surface area contributed by atoms with Crippen molar-refractivity contribution in [2.75, 3.05) is 29.9 Å². The zero-order chi connectivity index (χ0) is 20.5. The maximum absolute atomic E-state index is 13.2. The van der Waals surface area contributed by atoms with Crippen molar-refractivity contribution in [2.45, 2.75) is 45.2 Å². The quantitative estimate of drug-likeness (QED) is 0.664. The van der Waals surface area contributed by atoms with Gasteiger partial charge in [-0.2, -0.15) is 0 Å². The number of carbonyl (C=O) groups is 2. The van der Waals surface area contributed by atoms with Gasteiger partial charge in [0, 0.05) is 26.2 Å². The number of carbonyl (C=O) groups excluding carboxylic acids is 2. The lowest BCUT2D eigenvalue weighted by Gasteiger charge is -2.36. The highest BCUT2D eigenvalue weighted by molar-refractivity contribution is 5.99. The number of anilines is 2. The van der Waals surface area contributed by atoms with Gasteiger partial charge in [0.15, 0.2) is 5.82 Å². The minimum absolute atomic E-state index is 0.0401. The molecule has 1 aliphatic carbocycles. The number of allylic oxidation sites excluding steroid dienone is 3. The van der Waals surface area contributed by atoms with Crippen molar-refractivity contribution in [3.8, 4) is 0 Å². The van der Waals surface area contributed by atoms with Crippen LogP contribution in [0.1, 0.15) is 43.6 Å². The lowest BCUT2D eigenvalue weighted by Crippen LogP contribution is -2.51. The van der Waals surface area contributed by atoms with E-state index in [1.54, 1.807) is 18.0 Å². The first-order valence-electron chi connectivity index (χ1n) is 10.2. The molecule has 2 bridgehead atoms. The van der Waals surface area contributed by atoms with Crippen molar-refractivity contribution in [3.63, 3.8) is 0 Å². The topological polar surface area (TPSA) is 89.6 Å². The van der Waals surface area contributed by atoms with Gasteiger partial charge in [-0.3, -0.25) is 15.0 Å². The molecule has 0 spiro atoms. The van der Waals surface area contributed by atoms with Crippen LogP contribution in [0.3, 0.4) is 0 Å². The fraction of sp³-hybridized carbons (Fsp3) is 0.476. The van der Waals surface area contributed by atoms with Crippen LogP contribution in [0.25, 0.3) is 0 Å². The summed E-state index contributed by atoms with van der Waals surface area (Å²) in [5, 5.41) is 8.92. The molecule has 2 aliphatic heterocycles. The molecule has 0 radical (unpaired) electrons. The van der Waals surface area contributed by atoms with Crippen LogP contribution in [-0.2, 0) is 0 Å². The smallest absolute Gasteiger partial charge is 0.328 e. The summed E-state index contributed by atoms with van der Waals surface area (Å²) < 4.78 is 0. The number of pyridine rings is 1. The molecule has 1 aromatic heterocycles. The summed E-state index contributed by atoms with van der Waals surface area (Å²) in [7, 11) is 1.77. The Morgan fingerprint density at radius 1 is 1.17 bits per heavy atom. The molecule has 1 saturated heterocycles. The average Bonchev–Trinajstić information content (AvgIpc) is 3.42. The predicted octanol–water partition coefficient (Wildman–Crippen LogP) is 2.11. The summed E-state index contributed by atoms with van der Waals surface area (Å²) >= 11 is 0. The number of fused-ring (bicyclic) bond motifs is 4.